The molecule has 3 N–H and O–H groups in total. The number of hydrogen-bond donors (Lipinski definition) is 3. The van der Waals surface area contributed by atoms with E-state index in [0.717, 1.165) is 17.7 Å². The van der Waals surface area contributed by atoms with E-state index in [-0.39, 0.29) is 5.92 Å². The van der Waals surface area contributed by atoms with Crippen molar-refractivity contribution in [2.75, 3.05) is 26.3 Å². The Labute approximate surface area is 154 Å². The molecule has 5 nitrogen and oxygen atoms in total. The fraction of sp³-hybridized carbons (Fsp3) is 0.429. The van der Waals surface area contributed by atoms with E-state index in [9.17, 15) is 10.2 Å². The van der Waals surface area contributed by atoms with Gasteiger partial charge in [0.2, 0.25) is 0 Å². The third-order valence-corrected chi connectivity index (χ3v) is 4.61. The van der Waals surface area contributed by atoms with E-state index >= 15 is 0 Å². The molecule has 2 aromatic carbocycles. The maximum Gasteiger partial charge on any atom is 0.119 e. The Morgan fingerprint density at radius 1 is 0.885 bits per heavy atom. The van der Waals surface area contributed by atoms with E-state index < -0.39 is 12.2 Å². The molecule has 0 amide bonds. The Morgan fingerprint density at radius 2 is 1.58 bits per heavy atom. The molecule has 1 saturated heterocycles. The molecule has 5 heteroatoms. The Morgan fingerprint density at radius 3 is 2.27 bits per heavy atom. The minimum Gasteiger partial charge on any atom is -0.494 e. The second kappa shape index (κ2) is 9.69. The number of rotatable bonds is 8. The van der Waals surface area contributed by atoms with Crippen LogP contribution in [0.15, 0.2) is 54.6 Å². The summed E-state index contributed by atoms with van der Waals surface area (Å²) in [6.45, 7) is 2.87. The normalized spacial score (nSPS) is 22.9. The second-order valence-corrected chi connectivity index (χ2v) is 6.63. The molecular weight excluding hydrogens is 330 g/mol. The third kappa shape index (κ3) is 5.29. The lowest BCUT2D eigenvalue weighted by Crippen LogP contribution is -2.48. The van der Waals surface area contributed by atoms with Gasteiger partial charge in [-0.25, -0.2) is 0 Å². The van der Waals surface area contributed by atoms with Crippen LogP contribution in [-0.2, 0) is 11.3 Å². The highest BCUT2D eigenvalue weighted by Crippen LogP contribution is 2.27. The van der Waals surface area contributed by atoms with Gasteiger partial charge in [-0.2, -0.15) is 0 Å². The first-order chi connectivity index (χ1) is 12.7. The zero-order valence-electron chi connectivity index (χ0n) is 14.9. The van der Waals surface area contributed by atoms with Crippen molar-refractivity contribution in [2.45, 2.75) is 31.2 Å². The van der Waals surface area contributed by atoms with Crippen molar-refractivity contribution >= 4 is 0 Å². The van der Waals surface area contributed by atoms with Crippen molar-refractivity contribution in [1.29, 1.82) is 0 Å². The fourth-order valence-corrected chi connectivity index (χ4v) is 3.24. The van der Waals surface area contributed by atoms with E-state index in [4.69, 9.17) is 9.47 Å². The maximum absolute atomic E-state index is 10.1. The average Bonchev–Trinajstić information content (AvgIpc) is 2.66. The summed E-state index contributed by atoms with van der Waals surface area (Å²) >= 11 is 0. The predicted molar refractivity (Wildman–Crippen MR) is 100 cm³/mol. The van der Waals surface area contributed by atoms with Gasteiger partial charge in [-0.15, -0.1) is 0 Å². The molecule has 1 aliphatic rings. The van der Waals surface area contributed by atoms with Crippen molar-refractivity contribution in [2.24, 2.45) is 0 Å². The quantitative estimate of drug-likeness (QED) is 0.631. The Kier molecular flexibility index (Phi) is 7.03. The summed E-state index contributed by atoms with van der Waals surface area (Å²) in [4.78, 5) is 0. The van der Waals surface area contributed by atoms with Gasteiger partial charge >= 0.3 is 0 Å². The molecule has 2 aromatic rings. The number of nitrogens with one attached hydrogen (secondary N) is 1. The van der Waals surface area contributed by atoms with Gasteiger partial charge in [-0.3, -0.25) is 0 Å². The third-order valence-electron chi connectivity index (χ3n) is 4.61. The van der Waals surface area contributed by atoms with Crippen molar-refractivity contribution in [3.05, 3.63) is 65.7 Å². The van der Waals surface area contributed by atoms with Crippen LogP contribution in [0, 0.1) is 0 Å². The number of β-amino-alcohol motifs (C(OH)–C–C–N with tert-alkyl or cyclic N) is 2. The molecule has 3 rings (SSSR count). The molecule has 140 valence electrons. The molecule has 0 saturated carbocycles. The number of aliphatic hydroxyl groups excluding tert-OH is 2. The molecule has 0 bridgehead atoms. The molecule has 1 unspecified atom stereocenters. The highest BCUT2D eigenvalue weighted by Gasteiger charge is 2.31. The van der Waals surface area contributed by atoms with Crippen LogP contribution in [-0.4, -0.2) is 48.7 Å². The van der Waals surface area contributed by atoms with Gasteiger partial charge in [-0.1, -0.05) is 42.5 Å². The smallest absolute Gasteiger partial charge is 0.119 e. The molecule has 0 radical (unpaired) electrons. The summed E-state index contributed by atoms with van der Waals surface area (Å²) in [5, 5.41) is 23.2. The van der Waals surface area contributed by atoms with E-state index in [1.165, 1.54) is 5.56 Å². The number of piperidine rings is 1. The Bertz CT molecular complexity index is 637. The van der Waals surface area contributed by atoms with Crippen molar-refractivity contribution < 1.29 is 19.7 Å². The van der Waals surface area contributed by atoms with Crippen LogP contribution in [0.4, 0.5) is 0 Å². The molecule has 3 atom stereocenters. The minimum atomic E-state index is -0.577. The second-order valence-electron chi connectivity index (χ2n) is 6.63. The van der Waals surface area contributed by atoms with Gasteiger partial charge in [0.05, 0.1) is 32.0 Å². The summed E-state index contributed by atoms with van der Waals surface area (Å²) in [7, 11) is 0. The first kappa shape index (κ1) is 18.9. The van der Waals surface area contributed by atoms with E-state index in [1.807, 2.05) is 54.6 Å². The monoisotopic (exact) mass is 357 g/mol. The number of aliphatic hydroxyl groups is 2. The molecule has 26 heavy (non-hydrogen) atoms. The first-order valence-electron chi connectivity index (χ1n) is 9.15. The Hall–Kier alpha value is -1.92. The van der Waals surface area contributed by atoms with Gasteiger partial charge < -0.3 is 25.0 Å². The molecular formula is C21H27NO4. The van der Waals surface area contributed by atoms with Gasteiger partial charge in [0.15, 0.2) is 0 Å². The SMILES string of the molecule is O[C@@H]1CNC[C@H](O)C1c1ccc(OCCCOCc2ccccc2)cc1. The van der Waals surface area contributed by atoms with E-state index in [1.54, 1.807) is 0 Å². The summed E-state index contributed by atoms with van der Waals surface area (Å²) in [6.07, 6.45) is -0.333. The zero-order valence-corrected chi connectivity index (χ0v) is 14.9. The lowest BCUT2D eigenvalue weighted by atomic mass is 9.86. The lowest BCUT2D eigenvalue weighted by Gasteiger charge is -2.33. The minimum absolute atomic E-state index is 0.253. The zero-order chi connectivity index (χ0) is 18.2. The van der Waals surface area contributed by atoms with Gasteiger partial charge in [-0.05, 0) is 23.3 Å². The Balaban J connectivity index is 1.38. The largest absolute Gasteiger partial charge is 0.494 e. The van der Waals surface area contributed by atoms with Crippen molar-refractivity contribution in [1.82, 2.24) is 5.32 Å². The van der Waals surface area contributed by atoms with Crippen LogP contribution in [0.2, 0.25) is 0 Å². The predicted octanol–water partition coefficient (Wildman–Crippen LogP) is 2.08. The number of hydrogen-bond acceptors (Lipinski definition) is 5. The average molecular weight is 357 g/mol. The summed E-state index contributed by atoms with van der Waals surface area (Å²) in [5.41, 5.74) is 2.11. The molecule has 0 aliphatic carbocycles. The van der Waals surface area contributed by atoms with Crippen LogP contribution in [0.1, 0.15) is 23.5 Å². The van der Waals surface area contributed by atoms with Gasteiger partial charge in [0.25, 0.3) is 0 Å². The van der Waals surface area contributed by atoms with Gasteiger partial charge in [0.1, 0.15) is 5.75 Å². The van der Waals surface area contributed by atoms with Crippen LogP contribution in [0.3, 0.4) is 0 Å². The van der Waals surface area contributed by atoms with Crippen LogP contribution in [0.5, 0.6) is 5.75 Å². The van der Waals surface area contributed by atoms with E-state index in [2.05, 4.69) is 5.32 Å². The van der Waals surface area contributed by atoms with Crippen LogP contribution >= 0.6 is 0 Å². The standard InChI is InChI=1S/C21H27NO4/c23-19-13-22-14-20(24)21(19)17-7-9-18(10-8-17)26-12-4-11-25-15-16-5-2-1-3-6-16/h1-3,5-10,19-24H,4,11-15H2/t19-,20+,21?. The highest BCUT2D eigenvalue weighted by molar-refractivity contribution is 5.31. The molecule has 0 spiro atoms. The maximum atomic E-state index is 10.1. The molecule has 1 fully saturated rings. The van der Waals surface area contributed by atoms with Crippen LogP contribution < -0.4 is 10.1 Å². The fourth-order valence-electron chi connectivity index (χ4n) is 3.24. The van der Waals surface area contributed by atoms with Crippen molar-refractivity contribution in [3.8, 4) is 5.75 Å². The van der Waals surface area contributed by atoms with Crippen LogP contribution in [0.25, 0.3) is 0 Å². The first-order valence-corrected chi connectivity index (χ1v) is 9.15. The van der Waals surface area contributed by atoms with Crippen molar-refractivity contribution in [3.63, 3.8) is 0 Å². The molecule has 0 aromatic heterocycles. The molecule has 1 heterocycles. The molecule has 1 aliphatic heterocycles. The summed E-state index contributed by atoms with van der Waals surface area (Å²) in [6, 6.07) is 17.7. The lowest BCUT2D eigenvalue weighted by molar-refractivity contribution is 0.0264. The van der Waals surface area contributed by atoms with Gasteiger partial charge in [0, 0.05) is 25.4 Å². The number of benzene rings is 2. The number of ether oxygens (including phenoxy) is 2. The topological polar surface area (TPSA) is 71.0 Å². The summed E-state index contributed by atoms with van der Waals surface area (Å²) < 4.78 is 11.4. The summed E-state index contributed by atoms with van der Waals surface area (Å²) in [5.74, 6) is 0.534. The van der Waals surface area contributed by atoms with E-state index in [0.29, 0.717) is 32.9 Å². The highest BCUT2D eigenvalue weighted by atomic mass is 16.5.